The fraction of sp³-hybridized carbons (Fsp3) is 0.154. The summed E-state index contributed by atoms with van der Waals surface area (Å²) in [5, 5.41) is 0.335. The summed E-state index contributed by atoms with van der Waals surface area (Å²) in [5.74, 6) is -0.483. The molecule has 112 valence electrons. The van der Waals surface area contributed by atoms with Crippen molar-refractivity contribution in [3.63, 3.8) is 0 Å². The van der Waals surface area contributed by atoms with Gasteiger partial charge in [0.1, 0.15) is 16.9 Å². The van der Waals surface area contributed by atoms with Crippen molar-refractivity contribution in [3.05, 3.63) is 52.3 Å². The van der Waals surface area contributed by atoms with E-state index in [-0.39, 0.29) is 22.7 Å². The molecule has 0 unspecified atom stereocenters. The molecule has 3 nitrogen and oxygen atoms in total. The van der Waals surface area contributed by atoms with E-state index in [0.29, 0.717) is 5.56 Å². The third kappa shape index (κ3) is 4.68. The molecule has 21 heavy (non-hydrogen) atoms. The lowest BCUT2D eigenvalue weighted by atomic mass is 10.3. The SMILES string of the molecule is FC(F)(F)Oc1ccccc1OCc1ccc(Cl)nc1Cl. The molecule has 0 radical (unpaired) electrons. The van der Waals surface area contributed by atoms with Gasteiger partial charge in [-0.3, -0.25) is 0 Å². The summed E-state index contributed by atoms with van der Waals surface area (Å²) in [6.07, 6.45) is -4.79. The summed E-state index contributed by atoms with van der Waals surface area (Å²) in [6, 6.07) is 8.53. The number of halogens is 5. The lowest BCUT2D eigenvalue weighted by Crippen LogP contribution is -2.17. The van der Waals surface area contributed by atoms with Gasteiger partial charge in [-0.1, -0.05) is 35.3 Å². The van der Waals surface area contributed by atoms with Crippen molar-refractivity contribution in [1.29, 1.82) is 0 Å². The fourth-order valence-corrected chi connectivity index (χ4v) is 1.88. The fourth-order valence-electron chi connectivity index (χ4n) is 1.48. The topological polar surface area (TPSA) is 31.4 Å². The maximum Gasteiger partial charge on any atom is 0.573 e. The summed E-state index contributed by atoms with van der Waals surface area (Å²) >= 11 is 11.5. The van der Waals surface area contributed by atoms with Crippen LogP contribution < -0.4 is 9.47 Å². The second kappa shape index (κ2) is 6.41. The molecule has 0 saturated carbocycles. The van der Waals surface area contributed by atoms with Crippen LogP contribution in [0.5, 0.6) is 11.5 Å². The molecule has 0 bridgehead atoms. The monoisotopic (exact) mass is 337 g/mol. The Labute approximate surface area is 128 Å². The number of para-hydroxylation sites is 2. The van der Waals surface area contributed by atoms with Gasteiger partial charge in [0.25, 0.3) is 0 Å². The van der Waals surface area contributed by atoms with Crippen LogP contribution in [0.3, 0.4) is 0 Å². The van der Waals surface area contributed by atoms with Crippen LogP contribution in [0.4, 0.5) is 13.2 Å². The average molecular weight is 338 g/mol. The highest BCUT2D eigenvalue weighted by Crippen LogP contribution is 2.32. The Kier molecular flexibility index (Phi) is 4.80. The third-order valence-corrected chi connectivity index (χ3v) is 2.89. The van der Waals surface area contributed by atoms with Crippen molar-refractivity contribution >= 4 is 23.2 Å². The number of aromatic nitrogens is 1. The minimum Gasteiger partial charge on any atom is -0.485 e. The molecule has 0 spiro atoms. The van der Waals surface area contributed by atoms with Gasteiger partial charge in [0.15, 0.2) is 11.5 Å². The van der Waals surface area contributed by atoms with Crippen molar-refractivity contribution < 1.29 is 22.6 Å². The average Bonchev–Trinajstić information content (AvgIpc) is 2.37. The first kappa shape index (κ1) is 15.7. The van der Waals surface area contributed by atoms with Gasteiger partial charge >= 0.3 is 6.36 Å². The minimum atomic E-state index is -4.79. The van der Waals surface area contributed by atoms with Crippen LogP contribution in [0, 0.1) is 0 Å². The lowest BCUT2D eigenvalue weighted by Gasteiger charge is -2.14. The zero-order valence-electron chi connectivity index (χ0n) is 10.3. The normalized spacial score (nSPS) is 11.3. The summed E-state index contributed by atoms with van der Waals surface area (Å²) < 4.78 is 46.0. The van der Waals surface area contributed by atoms with Crippen molar-refractivity contribution in [2.24, 2.45) is 0 Å². The Morgan fingerprint density at radius 3 is 2.29 bits per heavy atom. The van der Waals surface area contributed by atoms with Gasteiger partial charge in [-0.05, 0) is 24.3 Å². The summed E-state index contributed by atoms with van der Waals surface area (Å²) in [4.78, 5) is 3.81. The predicted octanol–water partition coefficient (Wildman–Crippen LogP) is 4.87. The second-order valence-electron chi connectivity index (χ2n) is 3.87. The summed E-state index contributed by atoms with van der Waals surface area (Å²) in [7, 11) is 0. The molecule has 0 saturated heterocycles. The van der Waals surface area contributed by atoms with Crippen LogP contribution in [0.1, 0.15) is 5.56 Å². The summed E-state index contributed by atoms with van der Waals surface area (Å²) in [5.41, 5.74) is 0.489. The van der Waals surface area contributed by atoms with E-state index < -0.39 is 12.1 Å². The van der Waals surface area contributed by atoms with Gasteiger partial charge in [0.2, 0.25) is 0 Å². The van der Waals surface area contributed by atoms with Crippen molar-refractivity contribution in [2.45, 2.75) is 13.0 Å². The van der Waals surface area contributed by atoms with Gasteiger partial charge in [0, 0.05) is 5.56 Å². The number of pyridine rings is 1. The highest BCUT2D eigenvalue weighted by Gasteiger charge is 2.32. The van der Waals surface area contributed by atoms with Gasteiger partial charge in [-0.25, -0.2) is 4.98 Å². The van der Waals surface area contributed by atoms with Gasteiger partial charge in [-0.15, -0.1) is 13.2 Å². The standard InChI is InChI=1S/C13H8Cl2F3NO2/c14-11-6-5-8(12(15)19-11)7-20-9-3-1-2-4-10(9)21-13(16,17)18/h1-6H,7H2. The van der Waals surface area contributed by atoms with E-state index in [4.69, 9.17) is 27.9 Å². The largest absolute Gasteiger partial charge is 0.573 e. The zero-order valence-corrected chi connectivity index (χ0v) is 11.8. The molecule has 0 aliphatic carbocycles. The predicted molar refractivity (Wildman–Crippen MR) is 71.7 cm³/mol. The number of hydrogen-bond acceptors (Lipinski definition) is 3. The molecule has 0 N–H and O–H groups in total. The van der Waals surface area contributed by atoms with E-state index in [1.807, 2.05) is 0 Å². The van der Waals surface area contributed by atoms with E-state index in [1.54, 1.807) is 6.07 Å². The molecule has 0 aliphatic heterocycles. The Hall–Kier alpha value is -1.66. The molecular weight excluding hydrogens is 330 g/mol. The number of hydrogen-bond donors (Lipinski definition) is 0. The van der Waals surface area contributed by atoms with E-state index in [2.05, 4.69) is 9.72 Å². The Bertz CT molecular complexity index is 635. The van der Waals surface area contributed by atoms with Crippen molar-refractivity contribution in [1.82, 2.24) is 4.98 Å². The molecule has 0 atom stereocenters. The minimum absolute atomic E-state index is 0.0548. The second-order valence-corrected chi connectivity index (χ2v) is 4.61. The molecule has 2 rings (SSSR count). The maximum atomic E-state index is 12.3. The molecule has 0 amide bonds. The smallest absolute Gasteiger partial charge is 0.485 e. The van der Waals surface area contributed by atoms with Crippen LogP contribution in [-0.2, 0) is 6.61 Å². The van der Waals surface area contributed by atoms with Crippen LogP contribution in [0.15, 0.2) is 36.4 Å². The molecule has 1 aromatic heterocycles. The van der Waals surface area contributed by atoms with Crippen LogP contribution in [0.2, 0.25) is 10.3 Å². The molecule has 8 heteroatoms. The van der Waals surface area contributed by atoms with Crippen LogP contribution in [0.25, 0.3) is 0 Å². The molecule has 1 aromatic carbocycles. The van der Waals surface area contributed by atoms with E-state index >= 15 is 0 Å². The van der Waals surface area contributed by atoms with Gasteiger partial charge in [-0.2, -0.15) is 0 Å². The number of rotatable bonds is 4. The molecule has 0 fully saturated rings. The number of alkyl halides is 3. The Morgan fingerprint density at radius 1 is 1.00 bits per heavy atom. The number of nitrogens with zero attached hydrogens (tertiary/aromatic N) is 1. The van der Waals surface area contributed by atoms with Gasteiger partial charge < -0.3 is 9.47 Å². The Morgan fingerprint density at radius 2 is 1.67 bits per heavy atom. The first-order valence-corrected chi connectivity index (χ1v) is 6.39. The highest BCUT2D eigenvalue weighted by molar-refractivity contribution is 6.32. The highest BCUT2D eigenvalue weighted by atomic mass is 35.5. The van der Waals surface area contributed by atoms with Crippen molar-refractivity contribution in [2.75, 3.05) is 0 Å². The number of benzene rings is 1. The van der Waals surface area contributed by atoms with Crippen LogP contribution >= 0.6 is 23.2 Å². The molecule has 1 heterocycles. The zero-order chi connectivity index (χ0) is 15.5. The maximum absolute atomic E-state index is 12.3. The van der Waals surface area contributed by atoms with Gasteiger partial charge in [0.05, 0.1) is 0 Å². The molecule has 2 aromatic rings. The van der Waals surface area contributed by atoms with Crippen molar-refractivity contribution in [3.8, 4) is 11.5 Å². The van der Waals surface area contributed by atoms with E-state index in [0.717, 1.165) is 6.07 Å². The first-order valence-electron chi connectivity index (χ1n) is 5.63. The first-order chi connectivity index (χ1) is 9.85. The quantitative estimate of drug-likeness (QED) is 0.746. The van der Waals surface area contributed by atoms with E-state index in [1.165, 1.54) is 24.3 Å². The third-order valence-electron chi connectivity index (χ3n) is 2.35. The molecule has 0 aliphatic rings. The lowest BCUT2D eigenvalue weighted by molar-refractivity contribution is -0.275. The number of ether oxygens (including phenoxy) is 2. The van der Waals surface area contributed by atoms with E-state index in [9.17, 15) is 13.2 Å². The molecular formula is C13H8Cl2F3NO2. The Balaban J connectivity index is 2.13. The van der Waals surface area contributed by atoms with Crippen LogP contribution in [-0.4, -0.2) is 11.3 Å². The summed E-state index contributed by atoms with van der Waals surface area (Å²) in [6.45, 7) is -0.0682.